The SMILES string of the molecule is CCn1c2ccc(CNCCOCCOCCOCCC(=O)NCCOc3ccc(CCc4nc5cc(-c6c(C)noc6C)ccc5n4CCN4CCOCC4)cc3F)cc2c2ccc(-c3cscn3)cc21. The molecule has 1 aliphatic heterocycles. The van der Waals surface area contributed by atoms with Crippen molar-refractivity contribution in [3.8, 4) is 28.1 Å². The van der Waals surface area contributed by atoms with Gasteiger partial charge in [-0.3, -0.25) is 9.69 Å². The van der Waals surface area contributed by atoms with E-state index < -0.39 is 5.82 Å². The number of aromatic nitrogens is 5. The van der Waals surface area contributed by atoms with Crippen molar-refractivity contribution < 1.29 is 37.4 Å². The average molecular weight is 1000 g/mol. The van der Waals surface area contributed by atoms with Crippen molar-refractivity contribution >= 4 is 50.1 Å². The third-order valence-corrected chi connectivity index (χ3v) is 13.7. The molecule has 4 aromatic carbocycles. The van der Waals surface area contributed by atoms with Gasteiger partial charge < -0.3 is 48.0 Å². The lowest BCUT2D eigenvalue weighted by atomic mass is 10.0. The maximum Gasteiger partial charge on any atom is 0.222 e. The molecule has 0 radical (unpaired) electrons. The van der Waals surface area contributed by atoms with Gasteiger partial charge in [-0.25, -0.2) is 14.4 Å². The first-order valence-corrected chi connectivity index (χ1v) is 26.0. The number of aryl methyl sites for hydroxylation is 5. The van der Waals surface area contributed by atoms with Crippen LogP contribution < -0.4 is 15.4 Å². The monoisotopic (exact) mass is 1000 g/mol. The van der Waals surface area contributed by atoms with Crippen LogP contribution in [0.2, 0.25) is 0 Å². The highest BCUT2D eigenvalue weighted by Gasteiger charge is 2.19. The van der Waals surface area contributed by atoms with Crippen molar-refractivity contribution in [3.63, 3.8) is 0 Å². The van der Waals surface area contributed by atoms with Gasteiger partial charge in [-0.15, -0.1) is 11.3 Å². The minimum Gasteiger partial charge on any atom is -0.489 e. The molecule has 380 valence electrons. The Hall–Kier alpha value is -6.05. The first kappa shape index (κ1) is 50.9. The second-order valence-corrected chi connectivity index (χ2v) is 18.7. The van der Waals surface area contributed by atoms with E-state index in [1.807, 2.05) is 25.4 Å². The van der Waals surface area contributed by atoms with Gasteiger partial charge in [0.25, 0.3) is 0 Å². The van der Waals surface area contributed by atoms with Crippen molar-refractivity contribution in [2.45, 2.75) is 59.7 Å². The molecule has 0 atom stereocenters. The van der Waals surface area contributed by atoms with E-state index in [0.29, 0.717) is 45.9 Å². The number of hydrogen-bond acceptors (Lipinski definition) is 13. The molecule has 0 saturated carbocycles. The van der Waals surface area contributed by atoms with Crippen LogP contribution in [0.1, 0.15) is 41.8 Å². The Morgan fingerprint density at radius 1 is 0.778 bits per heavy atom. The first-order chi connectivity index (χ1) is 35.3. The van der Waals surface area contributed by atoms with Gasteiger partial charge in [-0.05, 0) is 86.3 Å². The zero-order valence-corrected chi connectivity index (χ0v) is 42.4. The average Bonchev–Trinajstić information content (AvgIpc) is 4.20. The van der Waals surface area contributed by atoms with Gasteiger partial charge in [-0.2, -0.15) is 0 Å². The van der Waals surface area contributed by atoms with Crippen molar-refractivity contribution in [1.29, 1.82) is 0 Å². The van der Waals surface area contributed by atoms with Crippen molar-refractivity contribution in [2.75, 3.05) is 92.2 Å². The topological polar surface area (TPSA) is 152 Å². The van der Waals surface area contributed by atoms with Crippen LogP contribution in [-0.2, 0) is 56.2 Å². The molecule has 4 aromatic heterocycles. The van der Waals surface area contributed by atoms with Gasteiger partial charge >= 0.3 is 0 Å². The van der Waals surface area contributed by atoms with E-state index in [0.717, 1.165) is 115 Å². The Kier molecular flexibility index (Phi) is 17.7. The zero-order chi connectivity index (χ0) is 49.7. The lowest BCUT2D eigenvalue weighted by Crippen LogP contribution is -2.38. The fourth-order valence-corrected chi connectivity index (χ4v) is 10.0. The van der Waals surface area contributed by atoms with E-state index in [9.17, 15) is 4.79 Å². The Bertz CT molecular complexity index is 3020. The maximum absolute atomic E-state index is 15.2. The summed E-state index contributed by atoms with van der Waals surface area (Å²) in [6.45, 7) is 16.4. The molecule has 0 aliphatic carbocycles. The Morgan fingerprint density at radius 3 is 2.35 bits per heavy atom. The molecule has 1 saturated heterocycles. The minimum absolute atomic E-state index is 0.135. The molecule has 1 amide bonds. The summed E-state index contributed by atoms with van der Waals surface area (Å²) in [4.78, 5) is 24.4. The number of benzene rings is 4. The third kappa shape index (κ3) is 12.8. The van der Waals surface area contributed by atoms with Crippen LogP contribution in [0.3, 0.4) is 0 Å². The zero-order valence-electron chi connectivity index (χ0n) is 41.6. The van der Waals surface area contributed by atoms with Crippen molar-refractivity contribution in [2.24, 2.45) is 0 Å². The summed E-state index contributed by atoms with van der Waals surface area (Å²) in [5, 5.41) is 15.0. The number of carbonyl (C=O) groups excluding carboxylic acids is 1. The Labute approximate surface area is 423 Å². The van der Waals surface area contributed by atoms with Crippen LogP contribution in [0.25, 0.3) is 55.2 Å². The lowest BCUT2D eigenvalue weighted by Gasteiger charge is -2.27. The molecule has 0 unspecified atom stereocenters. The van der Waals surface area contributed by atoms with E-state index in [-0.39, 0.29) is 37.8 Å². The molecule has 72 heavy (non-hydrogen) atoms. The predicted molar refractivity (Wildman–Crippen MR) is 279 cm³/mol. The summed E-state index contributed by atoms with van der Waals surface area (Å²) in [6.07, 6.45) is 1.45. The molecule has 2 N–H and O–H groups in total. The summed E-state index contributed by atoms with van der Waals surface area (Å²) in [6, 6.07) is 24.7. The van der Waals surface area contributed by atoms with Gasteiger partial charge in [0.15, 0.2) is 11.6 Å². The summed E-state index contributed by atoms with van der Waals surface area (Å²) in [5.74, 6) is 1.26. The van der Waals surface area contributed by atoms with Crippen LogP contribution in [0, 0.1) is 19.7 Å². The number of nitrogens with zero attached hydrogens (tertiary/aromatic N) is 6. The molecule has 8 aromatic rings. The first-order valence-electron chi connectivity index (χ1n) is 25.1. The molecule has 1 fully saturated rings. The van der Waals surface area contributed by atoms with Crippen LogP contribution >= 0.6 is 11.3 Å². The fraction of sp³-hybridized carbons (Fsp3) is 0.418. The van der Waals surface area contributed by atoms with Gasteiger partial charge in [-0.1, -0.05) is 35.5 Å². The molecule has 5 heterocycles. The highest BCUT2D eigenvalue weighted by Crippen LogP contribution is 2.34. The largest absolute Gasteiger partial charge is 0.489 e. The molecular weight excluding hydrogens is 936 g/mol. The molecule has 15 nitrogen and oxygen atoms in total. The van der Waals surface area contributed by atoms with Crippen LogP contribution in [0.5, 0.6) is 5.75 Å². The molecule has 17 heteroatoms. The minimum atomic E-state index is -0.442. The van der Waals surface area contributed by atoms with E-state index in [2.05, 4.69) is 102 Å². The molecule has 0 spiro atoms. The number of rotatable bonds is 27. The van der Waals surface area contributed by atoms with Gasteiger partial charge in [0.05, 0.1) is 87.3 Å². The predicted octanol–water partition coefficient (Wildman–Crippen LogP) is 8.54. The van der Waals surface area contributed by atoms with E-state index in [4.69, 9.17) is 33.2 Å². The Balaban J connectivity index is 0.619. The summed E-state index contributed by atoms with van der Waals surface area (Å²) < 4.78 is 53.6. The number of ether oxygens (including phenoxy) is 5. The van der Waals surface area contributed by atoms with Gasteiger partial charge in [0, 0.05) is 97.0 Å². The lowest BCUT2D eigenvalue weighted by molar-refractivity contribution is -0.122. The summed E-state index contributed by atoms with van der Waals surface area (Å²) in [5.41, 5.74) is 13.4. The fourth-order valence-electron chi connectivity index (χ4n) is 9.45. The van der Waals surface area contributed by atoms with Crippen LogP contribution in [0.15, 0.2) is 88.2 Å². The van der Waals surface area contributed by atoms with E-state index in [1.54, 1.807) is 17.4 Å². The van der Waals surface area contributed by atoms with Crippen LogP contribution in [-0.4, -0.2) is 127 Å². The van der Waals surface area contributed by atoms with Gasteiger partial charge in [0.2, 0.25) is 5.91 Å². The number of imidazole rings is 1. The number of fused-ring (bicyclic) bond motifs is 4. The quantitative estimate of drug-likeness (QED) is 0.0475. The Morgan fingerprint density at radius 2 is 1.57 bits per heavy atom. The summed E-state index contributed by atoms with van der Waals surface area (Å²) in [7, 11) is 0. The number of carbonyl (C=O) groups is 1. The standard InChI is InChI=1S/C55H65FN8O7S/c1-4-63-49-11-5-41(31-45(49)44-10-8-42(34-51(44)63)48-36-72-37-59-48)35-57-16-23-67-28-30-69-29-27-66-22-15-54(65)58-17-24-70-52-13-6-40(32-46(52)56)7-14-53-60-47-33-43(55-38(2)61-71-39(55)3)9-12-50(47)64(53)19-18-62-20-25-68-26-21-62/h5-6,8-13,31-34,36-37,57H,4,7,14-30,35H2,1-3H3,(H,58,65). The molecule has 0 bridgehead atoms. The smallest absolute Gasteiger partial charge is 0.222 e. The second-order valence-electron chi connectivity index (χ2n) is 18.0. The highest BCUT2D eigenvalue weighted by molar-refractivity contribution is 7.07. The number of halogens is 1. The normalized spacial score (nSPS) is 13.3. The number of thiazole rings is 1. The number of hydrogen-bond donors (Lipinski definition) is 2. The number of nitrogens with one attached hydrogen (secondary N) is 2. The third-order valence-electron chi connectivity index (χ3n) is 13.2. The molecular formula is C55H65FN8O7S. The van der Waals surface area contributed by atoms with E-state index in [1.165, 1.54) is 33.4 Å². The summed E-state index contributed by atoms with van der Waals surface area (Å²) >= 11 is 1.61. The van der Waals surface area contributed by atoms with Crippen LogP contribution in [0.4, 0.5) is 4.39 Å². The number of morpholine rings is 1. The maximum atomic E-state index is 15.2. The molecule has 9 rings (SSSR count). The van der Waals surface area contributed by atoms with Crippen molar-refractivity contribution in [3.05, 3.63) is 118 Å². The highest BCUT2D eigenvalue weighted by atomic mass is 32.1. The molecule has 1 aliphatic rings. The second kappa shape index (κ2) is 25.1. The number of amides is 1. The van der Waals surface area contributed by atoms with Crippen molar-refractivity contribution in [1.82, 2.24) is 39.8 Å². The van der Waals surface area contributed by atoms with Gasteiger partial charge in [0.1, 0.15) is 18.2 Å². The van der Waals surface area contributed by atoms with E-state index >= 15 is 4.39 Å².